The first-order valence-corrected chi connectivity index (χ1v) is 12.6. The first-order chi connectivity index (χ1) is 16.6. The van der Waals surface area contributed by atoms with Crippen LogP contribution in [0.25, 0.3) is 11.1 Å². The Morgan fingerprint density at radius 3 is 2.74 bits per heavy atom. The Bertz CT molecular complexity index is 1330. The summed E-state index contributed by atoms with van der Waals surface area (Å²) >= 11 is 1.88. The number of hydrogen-bond acceptors (Lipinski definition) is 9. The molecule has 2 aromatic rings. The van der Waals surface area contributed by atoms with Crippen molar-refractivity contribution in [1.82, 2.24) is 9.88 Å². The SMILES string of the molecule is Cc1nc(C)c(-c2ccc3c(c2)C2N=CCSC2(C)CCO3)c2c1NC(N(C)C)=C(C#N)C2(O)O. The Kier molecular flexibility index (Phi) is 5.59. The lowest BCUT2D eigenvalue weighted by atomic mass is 9.83. The zero-order valence-electron chi connectivity index (χ0n) is 20.5. The summed E-state index contributed by atoms with van der Waals surface area (Å²) in [5.74, 6) is -0.515. The summed E-state index contributed by atoms with van der Waals surface area (Å²) in [6.07, 6.45) is 2.84. The molecule has 0 saturated carbocycles. The molecule has 1 aromatic carbocycles. The number of fused-ring (bicyclic) bond motifs is 4. The third kappa shape index (κ3) is 3.59. The number of aromatic nitrogens is 1. The topological polar surface area (TPSA) is 114 Å². The molecule has 1 aromatic heterocycles. The van der Waals surface area contributed by atoms with Crippen LogP contribution >= 0.6 is 11.8 Å². The fourth-order valence-corrected chi connectivity index (χ4v) is 6.40. The van der Waals surface area contributed by atoms with Crippen molar-refractivity contribution in [3.8, 4) is 22.9 Å². The standard InChI is InChI=1S/C26H29N5O3S/c1-14-20(21-22(15(2)29-14)30-24(31(4)5)18(13-27)26(21,32)33)16-6-7-19-17(12-16)23-25(3,8-10-34-19)35-11-9-28-23/h6-7,9,12,23,30,32-33H,8,10-11H2,1-5H3. The highest BCUT2D eigenvalue weighted by atomic mass is 32.2. The highest BCUT2D eigenvalue weighted by Crippen LogP contribution is 2.51. The van der Waals surface area contributed by atoms with Gasteiger partial charge in [-0.25, -0.2) is 0 Å². The molecule has 2 unspecified atom stereocenters. The molecule has 5 rings (SSSR count). The van der Waals surface area contributed by atoms with Crippen molar-refractivity contribution in [3.05, 3.63) is 52.1 Å². The van der Waals surface area contributed by atoms with E-state index in [4.69, 9.17) is 14.7 Å². The van der Waals surface area contributed by atoms with E-state index in [9.17, 15) is 15.5 Å². The number of aliphatic hydroxyl groups is 2. The molecular formula is C26H29N5O3S. The van der Waals surface area contributed by atoms with Gasteiger partial charge in [-0.3, -0.25) is 9.98 Å². The lowest BCUT2D eigenvalue weighted by molar-refractivity contribution is -0.133. The van der Waals surface area contributed by atoms with Crippen molar-refractivity contribution in [2.75, 3.05) is 31.8 Å². The van der Waals surface area contributed by atoms with Crippen molar-refractivity contribution in [3.63, 3.8) is 0 Å². The largest absolute Gasteiger partial charge is 0.493 e. The quantitative estimate of drug-likeness (QED) is 0.546. The van der Waals surface area contributed by atoms with E-state index in [0.717, 1.165) is 29.1 Å². The predicted molar refractivity (Wildman–Crippen MR) is 137 cm³/mol. The van der Waals surface area contributed by atoms with Gasteiger partial charge in [0.25, 0.3) is 0 Å². The molecule has 9 heteroatoms. The van der Waals surface area contributed by atoms with Crippen molar-refractivity contribution in [1.29, 1.82) is 5.26 Å². The number of rotatable bonds is 2. The normalized spacial score (nSPS) is 24.2. The second kappa shape index (κ2) is 8.26. The van der Waals surface area contributed by atoms with Crippen LogP contribution in [0.3, 0.4) is 0 Å². The number of aliphatic imine (C=N–C) groups is 1. The van der Waals surface area contributed by atoms with Gasteiger partial charge in [0.05, 0.1) is 29.6 Å². The lowest BCUT2D eigenvalue weighted by Gasteiger charge is -2.37. The summed E-state index contributed by atoms with van der Waals surface area (Å²) < 4.78 is 6.02. The molecule has 3 aliphatic rings. The van der Waals surface area contributed by atoms with Gasteiger partial charge < -0.3 is 25.2 Å². The third-order valence-corrected chi connectivity index (χ3v) is 8.47. The first-order valence-electron chi connectivity index (χ1n) is 11.6. The predicted octanol–water partition coefficient (Wildman–Crippen LogP) is 3.63. The molecule has 35 heavy (non-hydrogen) atoms. The van der Waals surface area contributed by atoms with Crippen LogP contribution in [0, 0.1) is 25.2 Å². The second-order valence-electron chi connectivity index (χ2n) is 9.64. The molecule has 4 heterocycles. The molecule has 0 radical (unpaired) electrons. The Morgan fingerprint density at radius 1 is 1.26 bits per heavy atom. The summed E-state index contributed by atoms with van der Waals surface area (Å²) in [6, 6.07) is 7.79. The van der Waals surface area contributed by atoms with E-state index in [-0.39, 0.29) is 21.9 Å². The zero-order valence-corrected chi connectivity index (χ0v) is 21.3. The first kappa shape index (κ1) is 23.7. The van der Waals surface area contributed by atoms with Crippen molar-refractivity contribution in [2.45, 2.75) is 43.8 Å². The van der Waals surface area contributed by atoms with Gasteiger partial charge in [0, 0.05) is 47.6 Å². The summed E-state index contributed by atoms with van der Waals surface area (Å²) in [5.41, 5.74) is 4.11. The van der Waals surface area contributed by atoms with Crippen LogP contribution in [-0.4, -0.2) is 57.5 Å². The van der Waals surface area contributed by atoms with Gasteiger partial charge in [0.1, 0.15) is 23.2 Å². The van der Waals surface area contributed by atoms with Crippen LogP contribution < -0.4 is 10.1 Å². The number of ether oxygens (including phenoxy) is 1. The highest BCUT2D eigenvalue weighted by molar-refractivity contribution is 8.01. The number of anilines is 1. The molecule has 0 aliphatic carbocycles. The average molecular weight is 492 g/mol. The van der Waals surface area contributed by atoms with E-state index in [1.807, 2.05) is 56.1 Å². The number of hydrogen-bond donors (Lipinski definition) is 3. The van der Waals surface area contributed by atoms with E-state index >= 15 is 0 Å². The number of nitriles is 1. The Labute approximate surface area is 209 Å². The van der Waals surface area contributed by atoms with Crippen LogP contribution in [0.4, 0.5) is 5.69 Å². The van der Waals surface area contributed by atoms with Crippen LogP contribution in [0.2, 0.25) is 0 Å². The van der Waals surface area contributed by atoms with Crippen LogP contribution in [0.5, 0.6) is 5.75 Å². The van der Waals surface area contributed by atoms with E-state index in [1.165, 1.54) is 0 Å². The molecule has 0 saturated heterocycles. The van der Waals surface area contributed by atoms with Crippen molar-refractivity contribution < 1.29 is 14.9 Å². The van der Waals surface area contributed by atoms with E-state index < -0.39 is 5.79 Å². The Morgan fingerprint density at radius 2 is 2.03 bits per heavy atom. The molecule has 0 spiro atoms. The number of aryl methyl sites for hydroxylation is 2. The number of thioether (sulfide) groups is 1. The van der Waals surface area contributed by atoms with Crippen molar-refractivity contribution in [2.24, 2.45) is 4.99 Å². The third-order valence-electron chi connectivity index (χ3n) is 7.07. The van der Waals surface area contributed by atoms with Gasteiger partial charge in [-0.2, -0.15) is 5.26 Å². The smallest absolute Gasteiger partial charge is 0.233 e. The summed E-state index contributed by atoms with van der Waals surface area (Å²) in [6.45, 7) is 6.50. The average Bonchev–Trinajstić information content (AvgIpc) is 2.94. The minimum atomic E-state index is -2.50. The monoisotopic (exact) mass is 491 g/mol. The fraction of sp³-hybridized carbons (Fsp3) is 0.423. The maximum Gasteiger partial charge on any atom is 0.233 e. The second-order valence-corrected chi connectivity index (χ2v) is 11.2. The Balaban J connectivity index is 1.76. The van der Waals surface area contributed by atoms with E-state index in [0.29, 0.717) is 35.1 Å². The number of pyridine rings is 1. The molecule has 2 atom stereocenters. The van der Waals surface area contributed by atoms with Crippen LogP contribution in [0.1, 0.15) is 41.9 Å². The van der Waals surface area contributed by atoms with E-state index in [2.05, 4.69) is 12.2 Å². The number of benzene rings is 1. The molecule has 0 amide bonds. The van der Waals surface area contributed by atoms with Crippen molar-refractivity contribution >= 4 is 23.7 Å². The van der Waals surface area contributed by atoms with Gasteiger partial charge in [-0.05, 0) is 44.9 Å². The zero-order chi connectivity index (χ0) is 25.1. The maximum atomic E-state index is 11.4. The summed E-state index contributed by atoms with van der Waals surface area (Å²) in [4.78, 5) is 11.2. The van der Waals surface area contributed by atoms with Gasteiger partial charge >= 0.3 is 0 Å². The highest BCUT2D eigenvalue weighted by Gasteiger charge is 2.45. The van der Waals surface area contributed by atoms with Gasteiger partial charge in [-0.1, -0.05) is 6.07 Å². The Hall–Kier alpha value is -3.06. The summed E-state index contributed by atoms with van der Waals surface area (Å²) in [5, 5.41) is 36.0. The maximum absolute atomic E-state index is 11.4. The molecule has 8 nitrogen and oxygen atoms in total. The lowest BCUT2D eigenvalue weighted by Crippen LogP contribution is -2.39. The molecule has 182 valence electrons. The minimum Gasteiger partial charge on any atom is -0.493 e. The number of nitrogens with one attached hydrogen (secondary N) is 1. The molecule has 0 fully saturated rings. The van der Waals surface area contributed by atoms with Crippen LogP contribution in [0.15, 0.2) is 34.6 Å². The van der Waals surface area contributed by atoms with Gasteiger partial charge in [0.15, 0.2) is 0 Å². The minimum absolute atomic E-state index is 0.0747. The molecule has 3 N–H and O–H groups in total. The molecular weight excluding hydrogens is 462 g/mol. The summed E-state index contributed by atoms with van der Waals surface area (Å²) in [7, 11) is 3.48. The molecule has 3 aliphatic heterocycles. The van der Waals surface area contributed by atoms with Crippen LogP contribution in [-0.2, 0) is 5.79 Å². The number of nitrogens with zero attached hydrogens (tertiary/aromatic N) is 4. The molecule has 0 bridgehead atoms. The van der Waals surface area contributed by atoms with Gasteiger partial charge in [-0.15, -0.1) is 11.8 Å². The fourth-order valence-electron chi connectivity index (χ4n) is 5.29. The van der Waals surface area contributed by atoms with E-state index in [1.54, 1.807) is 19.0 Å². The van der Waals surface area contributed by atoms with Gasteiger partial charge in [0.2, 0.25) is 5.79 Å².